The lowest BCUT2D eigenvalue weighted by molar-refractivity contribution is -0.150. The molecular formula is C32H40N2O2. The van der Waals surface area contributed by atoms with Crippen LogP contribution in [0.1, 0.15) is 44.2 Å². The van der Waals surface area contributed by atoms with Gasteiger partial charge < -0.3 is 9.64 Å². The highest BCUT2D eigenvalue weighted by molar-refractivity contribution is 5.82. The van der Waals surface area contributed by atoms with E-state index in [1.54, 1.807) is 0 Å². The molecule has 1 atom stereocenters. The summed E-state index contributed by atoms with van der Waals surface area (Å²) in [6.07, 6.45) is 2.60. The maximum absolute atomic E-state index is 13.0. The van der Waals surface area contributed by atoms with Gasteiger partial charge in [0.1, 0.15) is 0 Å². The smallest absolute Gasteiger partial charge is 0.316 e. The highest BCUT2D eigenvalue weighted by Gasteiger charge is 2.36. The summed E-state index contributed by atoms with van der Waals surface area (Å²) in [4.78, 5) is 18.0. The summed E-state index contributed by atoms with van der Waals surface area (Å²) in [6, 6.07) is 27.7. The average molecular weight is 485 g/mol. The molecule has 0 saturated carbocycles. The van der Waals surface area contributed by atoms with Crippen LogP contribution in [0.25, 0.3) is 11.1 Å². The van der Waals surface area contributed by atoms with Crippen LogP contribution in [0.15, 0.2) is 78.9 Å². The van der Waals surface area contributed by atoms with E-state index in [1.165, 1.54) is 22.4 Å². The molecule has 1 heterocycles. The van der Waals surface area contributed by atoms with Crippen LogP contribution in [-0.4, -0.2) is 50.2 Å². The summed E-state index contributed by atoms with van der Waals surface area (Å²) in [7, 11) is 0. The number of benzene rings is 3. The number of nitrogens with zero attached hydrogens (tertiary/aromatic N) is 2. The van der Waals surface area contributed by atoms with E-state index in [4.69, 9.17) is 4.74 Å². The van der Waals surface area contributed by atoms with E-state index in [1.807, 2.05) is 32.0 Å². The van der Waals surface area contributed by atoms with Crippen LogP contribution in [0, 0.1) is 6.92 Å². The van der Waals surface area contributed by atoms with Gasteiger partial charge in [0, 0.05) is 31.9 Å². The van der Waals surface area contributed by atoms with Crippen molar-refractivity contribution in [3.05, 3.63) is 90.0 Å². The van der Waals surface area contributed by atoms with Crippen LogP contribution in [0.3, 0.4) is 0 Å². The van der Waals surface area contributed by atoms with Crippen LogP contribution >= 0.6 is 0 Å². The molecule has 1 fully saturated rings. The largest absolute Gasteiger partial charge is 0.465 e. The summed E-state index contributed by atoms with van der Waals surface area (Å²) >= 11 is 0. The van der Waals surface area contributed by atoms with E-state index in [0.29, 0.717) is 6.61 Å². The van der Waals surface area contributed by atoms with Crippen molar-refractivity contribution in [1.29, 1.82) is 0 Å². The molecule has 0 radical (unpaired) electrons. The van der Waals surface area contributed by atoms with Gasteiger partial charge in [0.15, 0.2) is 0 Å². The quantitative estimate of drug-likeness (QED) is 0.309. The highest BCUT2D eigenvalue weighted by atomic mass is 16.5. The van der Waals surface area contributed by atoms with E-state index in [0.717, 1.165) is 57.5 Å². The first-order chi connectivity index (χ1) is 17.5. The molecule has 1 unspecified atom stereocenters. The molecule has 4 nitrogen and oxygen atoms in total. The Balaban J connectivity index is 1.29. The fourth-order valence-corrected chi connectivity index (χ4v) is 5.16. The van der Waals surface area contributed by atoms with E-state index in [2.05, 4.69) is 77.4 Å². The Hall–Kier alpha value is -3.11. The van der Waals surface area contributed by atoms with Crippen molar-refractivity contribution in [2.24, 2.45) is 0 Å². The van der Waals surface area contributed by atoms with E-state index < -0.39 is 5.41 Å². The summed E-state index contributed by atoms with van der Waals surface area (Å²) in [6.45, 7) is 11.9. The van der Waals surface area contributed by atoms with Crippen LogP contribution in [0.5, 0.6) is 0 Å². The molecule has 0 amide bonds. The minimum absolute atomic E-state index is 0.102. The van der Waals surface area contributed by atoms with Crippen molar-refractivity contribution in [3.8, 4) is 11.1 Å². The van der Waals surface area contributed by atoms with Gasteiger partial charge in [-0.15, -0.1) is 0 Å². The number of esters is 1. The molecule has 0 spiro atoms. The van der Waals surface area contributed by atoms with Crippen LogP contribution in [0.2, 0.25) is 0 Å². The summed E-state index contributed by atoms with van der Waals surface area (Å²) < 4.78 is 5.60. The third-order valence-corrected chi connectivity index (χ3v) is 7.51. The number of hydrogen-bond donors (Lipinski definition) is 0. The monoisotopic (exact) mass is 484 g/mol. The molecule has 1 aliphatic rings. The number of aryl methyl sites for hydroxylation is 1. The first-order valence-corrected chi connectivity index (χ1v) is 13.4. The topological polar surface area (TPSA) is 32.8 Å². The lowest BCUT2D eigenvalue weighted by Gasteiger charge is -2.37. The van der Waals surface area contributed by atoms with Gasteiger partial charge >= 0.3 is 5.97 Å². The molecule has 0 bridgehead atoms. The Bertz CT molecular complexity index is 1100. The zero-order chi connectivity index (χ0) is 25.4. The Labute approximate surface area is 216 Å². The average Bonchev–Trinajstić information content (AvgIpc) is 2.93. The van der Waals surface area contributed by atoms with Crippen molar-refractivity contribution in [2.45, 2.75) is 45.4 Å². The van der Waals surface area contributed by atoms with Crippen LogP contribution in [-0.2, 0) is 14.9 Å². The predicted octanol–water partition coefficient (Wildman–Crippen LogP) is 6.48. The third kappa shape index (κ3) is 6.17. The molecule has 1 aliphatic heterocycles. The van der Waals surface area contributed by atoms with Crippen molar-refractivity contribution >= 4 is 11.7 Å². The Morgan fingerprint density at radius 2 is 1.56 bits per heavy atom. The lowest BCUT2D eigenvalue weighted by Crippen LogP contribution is -2.47. The molecule has 3 aromatic rings. The van der Waals surface area contributed by atoms with Crippen molar-refractivity contribution in [3.63, 3.8) is 0 Å². The van der Waals surface area contributed by atoms with Gasteiger partial charge in [-0.25, -0.2) is 0 Å². The lowest BCUT2D eigenvalue weighted by atomic mass is 9.78. The van der Waals surface area contributed by atoms with Crippen molar-refractivity contribution in [1.82, 2.24) is 4.90 Å². The predicted molar refractivity (Wildman–Crippen MR) is 150 cm³/mol. The number of hydrogen-bond acceptors (Lipinski definition) is 4. The molecule has 190 valence electrons. The van der Waals surface area contributed by atoms with Gasteiger partial charge in [-0.1, -0.05) is 73.7 Å². The first kappa shape index (κ1) is 26.0. The van der Waals surface area contributed by atoms with Gasteiger partial charge in [0.05, 0.1) is 12.0 Å². The van der Waals surface area contributed by atoms with Gasteiger partial charge in [0.2, 0.25) is 0 Å². The molecule has 1 saturated heterocycles. The highest BCUT2D eigenvalue weighted by Crippen LogP contribution is 2.31. The van der Waals surface area contributed by atoms with Crippen LogP contribution < -0.4 is 4.90 Å². The van der Waals surface area contributed by atoms with Gasteiger partial charge in [0.25, 0.3) is 0 Å². The molecular weight excluding hydrogens is 444 g/mol. The fraction of sp³-hybridized carbons (Fsp3) is 0.406. The summed E-state index contributed by atoms with van der Waals surface area (Å²) in [5.74, 6) is -0.102. The number of carbonyl (C=O) groups is 1. The van der Waals surface area contributed by atoms with Crippen molar-refractivity contribution < 1.29 is 9.53 Å². The molecule has 3 aromatic carbocycles. The third-order valence-electron chi connectivity index (χ3n) is 7.51. The maximum atomic E-state index is 13.0. The van der Waals surface area contributed by atoms with Gasteiger partial charge in [-0.05, 0) is 74.0 Å². The Morgan fingerprint density at radius 3 is 2.22 bits per heavy atom. The zero-order valence-corrected chi connectivity index (χ0v) is 22.1. The van der Waals surface area contributed by atoms with E-state index >= 15 is 0 Å². The van der Waals surface area contributed by atoms with E-state index in [-0.39, 0.29) is 5.97 Å². The second-order valence-corrected chi connectivity index (χ2v) is 10.1. The zero-order valence-electron chi connectivity index (χ0n) is 22.1. The first-order valence-electron chi connectivity index (χ1n) is 13.4. The normalized spacial score (nSPS) is 15.9. The number of piperazine rings is 1. The van der Waals surface area contributed by atoms with Gasteiger partial charge in [-0.2, -0.15) is 0 Å². The minimum Gasteiger partial charge on any atom is -0.465 e. The number of carbonyl (C=O) groups excluding carboxylic acids is 1. The second-order valence-electron chi connectivity index (χ2n) is 10.1. The molecule has 0 N–H and O–H groups in total. The SMILES string of the molecule is CCCOC(=O)C(C)(CCCN1CCN(c2ccc(-c3ccccc3C)cc2)CC1)c1ccccc1. The minimum atomic E-state index is -0.600. The fourth-order valence-electron chi connectivity index (χ4n) is 5.16. The number of anilines is 1. The molecule has 4 heteroatoms. The number of ether oxygens (including phenoxy) is 1. The van der Waals surface area contributed by atoms with Gasteiger partial charge in [-0.3, -0.25) is 9.69 Å². The standard InChI is InChI=1S/C32H40N2O2/c1-4-25-36-31(35)32(3,28-12-6-5-7-13-28)19-10-20-33-21-23-34(24-22-33)29-17-15-27(16-18-29)30-14-9-8-11-26(30)2/h5-9,11-18H,4,10,19-25H2,1-3H3. The van der Waals surface area contributed by atoms with E-state index in [9.17, 15) is 4.79 Å². The molecule has 36 heavy (non-hydrogen) atoms. The Kier molecular flexibility index (Phi) is 8.82. The Morgan fingerprint density at radius 1 is 0.889 bits per heavy atom. The number of rotatable bonds is 10. The van der Waals surface area contributed by atoms with Crippen molar-refractivity contribution in [2.75, 3.05) is 44.2 Å². The summed E-state index contributed by atoms with van der Waals surface area (Å²) in [5, 5.41) is 0. The molecule has 0 aromatic heterocycles. The second kappa shape index (κ2) is 12.2. The maximum Gasteiger partial charge on any atom is 0.316 e. The molecule has 4 rings (SSSR count). The summed E-state index contributed by atoms with van der Waals surface area (Å²) in [5.41, 5.74) is 5.62. The van der Waals surface area contributed by atoms with Crippen LogP contribution in [0.4, 0.5) is 5.69 Å². The molecule has 0 aliphatic carbocycles.